The Morgan fingerprint density at radius 3 is 2.53 bits per heavy atom. The molecule has 0 bridgehead atoms. The highest BCUT2D eigenvalue weighted by atomic mass is 16.6. The average Bonchev–Trinajstić information content (AvgIpc) is 3.44. The van der Waals surface area contributed by atoms with Crippen LogP contribution < -0.4 is 9.80 Å². The zero-order valence-electron chi connectivity index (χ0n) is 21.9. The summed E-state index contributed by atoms with van der Waals surface area (Å²) in [4.78, 5) is 33.4. The highest BCUT2D eigenvalue weighted by Crippen LogP contribution is 2.54. The van der Waals surface area contributed by atoms with Crippen molar-refractivity contribution in [1.29, 1.82) is 5.26 Å². The number of hydrogen-bond acceptors (Lipinski definition) is 8. The minimum absolute atomic E-state index is 0.0207. The van der Waals surface area contributed by atoms with Crippen LogP contribution in [0.1, 0.15) is 71.4 Å². The lowest BCUT2D eigenvalue weighted by molar-refractivity contribution is 0.0129. The molecule has 5 rings (SSSR count). The monoisotopic (exact) mass is 489 g/mol. The van der Waals surface area contributed by atoms with Gasteiger partial charge < -0.3 is 19.4 Å². The van der Waals surface area contributed by atoms with Crippen molar-refractivity contribution in [2.75, 3.05) is 29.4 Å². The molecule has 3 aliphatic rings. The fourth-order valence-electron chi connectivity index (χ4n) is 6.00. The van der Waals surface area contributed by atoms with Crippen molar-refractivity contribution in [3.63, 3.8) is 0 Å². The van der Waals surface area contributed by atoms with E-state index in [0.29, 0.717) is 18.7 Å². The third kappa shape index (κ3) is 4.23. The van der Waals surface area contributed by atoms with Crippen molar-refractivity contribution >= 4 is 23.5 Å². The summed E-state index contributed by atoms with van der Waals surface area (Å²) in [5.41, 5.74) is 1.21. The van der Waals surface area contributed by atoms with Gasteiger partial charge in [0.1, 0.15) is 29.4 Å². The molecule has 4 heterocycles. The highest BCUT2D eigenvalue weighted by Gasteiger charge is 2.50. The van der Waals surface area contributed by atoms with Crippen LogP contribution in [0, 0.1) is 11.3 Å². The minimum atomic E-state index is -0.528. The summed E-state index contributed by atoms with van der Waals surface area (Å²) in [6.45, 7) is 11.9. The summed E-state index contributed by atoms with van der Waals surface area (Å²) >= 11 is 0. The number of pyridine rings is 1. The van der Waals surface area contributed by atoms with E-state index in [1.807, 2.05) is 31.7 Å². The number of anilines is 3. The summed E-state index contributed by atoms with van der Waals surface area (Å²) in [5.74, 6) is 2.60. The van der Waals surface area contributed by atoms with Gasteiger partial charge in [-0.2, -0.15) is 5.26 Å². The van der Waals surface area contributed by atoms with Crippen LogP contribution in [0.3, 0.4) is 0 Å². The van der Waals surface area contributed by atoms with E-state index in [1.54, 1.807) is 18.6 Å². The number of aromatic nitrogens is 3. The van der Waals surface area contributed by atoms with Crippen LogP contribution in [0.4, 0.5) is 22.2 Å². The zero-order chi connectivity index (χ0) is 25.7. The van der Waals surface area contributed by atoms with Crippen LogP contribution >= 0.6 is 0 Å². The molecule has 0 unspecified atom stereocenters. The normalized spacial score (nSPS) is 23.1. The predicted molar refractivity (Wildman–Crippen MR) is 137 cm³/mol. The van der Waals surface area contributed by atoms with Crippen LogP contribution in [0.15, 0.2) is 24.7 Å². The maximum atomic E-state index is 12.9. The number of fused-ring (bicyclic) bond motifs is 2. The standard InChI is InChI=1S/C27H35N7O2/c1-18-15-33(25(35)36-26(3,4)5)19(2)14-32(18)23-22-24(31-17-30-23)34(16-27(22)9-6-7-10-27)21-12-20(13-28)8-11-29-21/h8,11-12,17-19H,6-7,9-10,14-16H2,1-5H3/t18-,19-/m0/s1. The second-order valence-corrected chi connectivity index (χ2v) is 11.5. The van der Waals surface area contributed by atoms with Gasteiger partial charge in [0, 0.05) is 48.9 Å². The average molecular weight is 490 g/mol. The Bertz CT molecular complexity index is 1200. The van der Waals surface area contributed by atoms with E-state index >= 15 is 0 Å². The van der Waals surface area contributed by atoms with Gasteiger partial charge in [0.15, 0.2) is 0 Å². The largest absolute Gasteiger partial charge is 0.444 e. The van der Waals surface area contributed by atoms with Crippen molar-refractivity contribution in [3.8, 4) is 6.07 Å². The SMILES string of the molecule is C[C@H]1CN(c2ncnc3c2C2(CCCC2)CN3c2cc(C#N)ccn2)[C@@H](C)CN1C(=O)OC(C)(C)C. The molecule has 9 nitrogen and oxygen atoms in total. The quantitative estimate of drug-likeness (QED) is 0.606. The van der Waals surface area contributed by atoms with Crippen LogP contribution in [0.25, 0.3) is 0 Å². The summed E-state index contributed by atoms with van der Waals surface area (Å²) in [5, 5.41) is 9.43. The summed E-state index contributed by atoms with van der Waals surface area (Å²) in [7, 11) is 0. The van der Waals surface area contributed by atoms with Gasteiger partial charge in [-0.05, 0) is 59.6 Å². The number of ether oxygens (including phenoxy) is 1. The number of nitrogens with zero attached hydrogens (tertiary/aromatic N) is 7. The van der Waals surface area contributed by atoms with E-state index in [1.165, 1.54) is 18.4 Å². The minimum Gasteiger partial charge on any atom is -0.444 e. The number of hydrogen-bond donors (Lipinski definition) is 0. The van der Waals surface area contributed by atoms with Gasteiger partial charge in [-0.25, -0.2) is 19.7 Å². The summed E-state index contributed by atoms with van der Waals surface area (Å²) in [6, 6.07) is 5.84. The molecule has 1 saturated carbocycles. The van der Waals surface area contributed by atoms with Gasteiger partial charge in [0.05, 0.1) is 11.6 Å². The highest BCUT2D eigenvalue weighted by molar-refractivity contribution is 5.75. The third-order valence-electron chi connectivity index (χ3n) is 7.65. The van der Waals surface area contributed by atoms with Crippen molar-refractivity contribution in [2.45, 2.75) is 83.4 Å². The first-order valence-electron chi connectivity index (χ1n) is 12.9. The van der Waals surface area contributed by atoms with Gasteiger partial charge >= 0.3 is 6.09 Å². The fourth-order valence-corrected chi connectivity index (χ4v) is 6.00. The number of carbonyl (C=O) groups excluding carboxylic acids is 1. The molecule has 0 aromatic carbocycles. The Morgan fingerprint density at radius 2 is 1.83 bits per heavy atom. The lowest BCUT2D eigenvalue weighted by Crippen LogP contribution is -2.59. The Labute approximate surface area is 213 Å². The number of nitriles is 1. The van der Waals surface area contributed by atoms with Crippen molar-refractivity contribution in [1.82, 2.24) is 19.9 Å². The zero-order valence-corrected chi connectivity index (χ0v) is 21.9. The van der Waals surface area contributed by atoms with Crippen LogP contribution in [-0.4, -0.2) is 63.3 Å². The molecule has 2 fully saturated rings. The lowest BCUT2D eigenvalue weighted by Gasteiger charge is -2.45. The molecule has 36 heavy (non-hydrogen) atoms. The first kappa shape index (κ1) is 24.3. The molecule has 1 saturated heterocycles. The number of rotatable bonds is 2. The molecule has 1 spiro atoms. The Morgan fingerprint density at radius 1 is 1.11 bits per heavy atom. The van der Waals surface area contributed by atoms with E-state index in [9.17, 15) is 10.1 Å². The van der Waals surface area contributed by atoms with E-state index in [-0.39, 0.29) is 23.6 Å². The predicted octanol–water partition coefficient (Wildman–Crippen LogP) is 4.54. The number of piperazine rings is 1. The Kier molecular flexibility index (Phi) is 6.01. The Balaban J connectivity index is 1.51. The molecule has 9 heteroatoms. The van der Waals surface area contributed by atoms with Crippen molar-refractivity contribution in [2.24, 2.45) is 0 Å². The maximum Gasteiger partial charge on any atom is 0.410 e. The molecule has 0 N–H and O–H groups in total. The Hall–Kier alpha value is -3.41. The van der Waals surface area contributed by atoms with Gasteiger partial charge in [-0.1, -0.05) is 12.8 Å². The second kappa shape index (κ2) is 8.91. The van der Waals surface area contributed by atoms with Crippen molar-refractivity contribution in [3.05, 3.63) is 35.8 Å². The van der Waals surface area contributed by atoms with E-state index < -0.39 is 5.60 Å². The molecule has 2 aliphatic heterocycles. The smallest absolute Gasteiger partial charge is 0.410 e. The molecule has 1 aliphatic carbocycles. The van der Waals surface area contributed by atoms with Gasteiger partial charge in [-0.3, -0.25) is 0 Å². The van der Waals surface area contributed by atoms with Crippen LogP contribution in [0.5, 0.6) is 0 Å². The van der Waals surface area contributed by atoms with Crippen LogP contribution in [-0.2, 0) is 10.2 Å². The molecular weight excluding hydrogens is 454 g/mol. The van der Waals surface area contributed by atoms with Gasteiger partial charge in [0.2, 0.25) is 0 Å². The maximum absolute atomic E-state index is 12.9. The first-order valence-corrected chi connectivity index (χ1v) is 12.9. The summed E-state index contributed by atoms with van der Waals surface area (Å²) in [6.07, 6.45) is 7.57. The van der Waals surface area contributed by atoms with Gasteiger partial charge in [-0.15, -0.1) is 0 Å². The first-order chi connectivity index (χ1) is 17.1. The van der Waals surface area contributed by atoms with Crippen molar-refractivity contribution < 1.29 is 9.53 Å². The van der Waals surface area contributed by atoms with E-state index in [2.05, 4.69) is 34.7 Å². The van der Waals surface area contributed by atoms with Gasteiger partial charge in [0.25, 0.3) is 0 Å². The summed E-state index contributed by atoms with van der Waals surface area (Å²) < 4.78 is 5.68. The number of amides is 1. The lowest BCUT2D eigenvalue weighted by atomic mass is 9.81. The van der Waals surface area contributed by atoms with E-state index in [4.69, 9.17) is 14.7 Å². The molecule has 2 atom stereocenters. The topological polar surface area (TPSA) is 98.5 Å². The molecule has 1 amide bonds. The van der Waals surface area contributed by atoms with Crippen LogP contribution in [0.2, 0.25) is 0 Å². The third-order valence-corrected chi connectivity index (χ3v) is 7.65. The fraction of sp³-hybridized carbons (Fsp3) is 0.593. The molecular formula is C27H35N7O2. The molecule has 190 valence electrons. The molecule has 2 aromatic rings. The second-order valence-electron chi connectivity index (χ2n) is 11.5. The van der Waals surface area contributed by atoms with E-state index in [0.717, 1.165) is 36.8 Å². The number of carbonyl (C=O) groups is 1. The molecule has 0 radical (unpaired) electrons. The molecule has 2 aromatic heterocycles.